The Balaban J connectivity index is 0.00000180. The number of likely N-dealkylation sites (tertiary alicyclic amines) is 1. The molecule has 2 nitrogen and oxygen atoms in total. The summed E-state index contributed by atoms with van der Waals surface area (Å²) >= 11 is 0. The fraction of sp³-hybridized carbons (Fsp3) is 0.958. The van der Waals surface area contributed by atoms with E-state index in [1.165, 1.54) is 81.8 Å². The van der Waals surface area contributed by atoms with Crippen LogP contribution in [0.3, 0.4) is 0 Å². The molecule has 1 heterocycles. The molecule has 0 aromatic carbocycles. The first-order chi connectivity index (χ1) is 12.4. The molecule has 0 spiro atoms. The smallest absolute Gasteiger partial charge is 0.139 e. The van der Waals surface area contributed by atoms with Crippen molar-refractivity contribution < 1.29 is 33.3 Å². The van der Waals surface area contributed by atoms with Crippen LogP contribution in [0.2, 0.25) is 0 Å². The largest absolute Gasteiger partial charge is 1.00 e. The van der Waals surface area contributed by atoms with Gasteiger partial charge in [0.05, 0.1) is 26.2 Å². The maximum Gasteiger partial charge on any atom is 0.139 e. The van der Waals surface area contributed by atoms with Gasteiger partial charge in [0, 0.05) is 31.1 Å². The Morgan fingerprint density at radius 2 is 1.67 bits per heavy atom. The summed E-state index contributed by atoms with van der Waals surface area (Å²) < 4.78 is 1.38. The first-order valence-corrected chi connectivity index (χ1v) is 11.7. The van der Waals surface area contributed by atoms with Crippen LogP contribution in [-0.2, 0) is 4.79 Å². The molecule has 154 valence electrons. The van der Waals surface area contributed by atoms with Crippen molar-refractivity contribution in [2.45, 2.75) is 90.5 Å². The Kier molecular flexibility index (Phi) is 5.32. The molecule has 5 rings (SSSR count). The van der Waals surface area contributed by atoms with Gasteiger partial charge in [-0.15, -0.1) is 0 Å². The van der Waals surface area contributed by atoms with Crippen LogP contribution in [0.15, 0.2) is 0 Å². The number of halogens is 1. The van der Waals surface area contributed by atoms with Gasteiger partial charge in [0.25, 0.3) is 0 Å². The van der Waals surface area contributed by atoms with Gasteiger partial charge in [0.15, 0.2) is 0 Å². The summed E-state index contributed by atoms with van der Waals surface area (Å²) in [6.07, 6.45) is 14.8. The molecule has 0 aromatic heterocycles. The van der Waals surface area contributed by atoms with Crippen LogP contribution >= 0.6 is 0 Å². The normalized spacial score (nSPS) is 51.1. The molecular formula is C24H40INO. The average Bonchev–Trinajstić information content (AvgIpc) is 3.19. The lowest BCUT2D eigenvalue weighted by Crippen LogP contribution is -3.00. The number of fused-ring (bicyclic) bond motifs is 5. The zero-order chi connectivity index (χ0) is 18.2. The highest BCUT2D eigenvalue weighted by Crippen LogP contribution is 2.65. The van der Waals surface area contributed by atoms with Gasteiger partial charge in [-0.05, 0) is 74.0 Å². The minimum Gasteiger partial charge on any atom is -1.00 e. The van der Waals surface area contributed by atoms with Crippen LogP contribution in [0.1, 0.15) is 84.5 Å². The van der Waals surface area contributed by atoms with E-state index in [1.54, 1.807) is 0 Å². The van der Waals surface area contributed by atoms with Crippen LogP contribution in [0.4, 0.5) is 0 Å². The van der Waals surface area contributed by atoms with Crippen molar-refractivity contribution >= 4 is 5.78 Å². The van der Waals surface area contributed by atoms with E-state index in [-0.39, 0.29) is 29.4 Å². The van der Waals surface area contributed by atoms with Crippen molar-refractivity contribution in [2.75, 3.05) is 20.1 Å². The van der Waals surface area contributed by atoms with Gasteiger partial charge >= 0.3 is 0 Å². The molecule has 27 heavy (non-hydrogen) atoms. The van der Waals surface area contributed by atoms with E-state index in [0.717, 1.165) is 30.2 Å². The number of carbonyl (C=O) groups is 1. The van der Waals surface area contributed by atoms with Crippen molar-refractivity contribution in [3.63, 3.8) is 0 Å². The third kappa shape index (κ3) is 2.91. The topological polar surface area (TPSA) is 17.1 Å². The SMILES string of the molecule is CC12CCC3C(CCC4CC([N+]5(C)CCCC5)CCC43C)C1CCC2=O.[I-]. The average molecular weight is 485 g/mol. The minimum atomic E-state index is 0. The van der Waals surface area contributed by atoms with Crippen molar-refractivity contribution in [3.05, 3.63) is 0 Å². The summed E-state index contributed by atoms with van der Waals surface area (Å²) in [6.45, 7) is 7.87. The summed E-state index contributed by atoms with van der Waals surface area (Å²) in [5.74, 6) is 4.04. The van der Waals surface area contributed by atoms with E-state index in [1.807, 2.05) is 0 Å². The first kappa shape index (κ1) is 20.6. The predicted molar refractivity (Wildman–Crippen MR) is 106 cm³/mol. The number of nitrogens with zero attached hydrogens (tertiary/aromatic N) is 1. The van der Waals surface area contributed by atoms with Crippen LogP contribution < -0.4 is 24.0 Å². The number of Topliss-reactive ketones (excluding diaryl/α,β-unsaturated/α-hetero) is 1. The summed E-state index contributed by atoms with van der Waals surface area (Å²) in [5, 5.41) is 0. The fourth-order valence-corrected chi connectivity index (χ4v) is 9.00. The van der Waals surface area contributed by atoms with Crippen LogP contribution in [0.5, 0.6) is 0 Å². The van der Waals surface area contributed by atoms with Crippen molar-refractivity contribution in [1.82, 2.24) is 0 Å². The van der Waals surface area contributed by atoms with E-state index < -0.39 is 0 Å². The lowest BCUT2D eigenvalue weighted by molar-refractivity contribution is -0.924. The third-order valence-corrected chi connectivity index (χ3v) is 10.8. The second-order valence-corrected chi connectivity index (χ2v) is 11.6. The molecule has 7 atom stereocenters. The highest BCUT2D eigenvalue weighted by Gasteiger charge is 2.61. The van der Waals surface area contributed by atoms with Gasteiger partial charge in [-0.2, -0.15) is 0 Å². The predicted octanol–water partition coefficient (Wildman–Crippen LogP) is 2.21. The summed E-state index contributed by atoms with van der Waals surface area (Å²) in [6, 6.07) is 0.939. The Morgan fingerprint density at radius 1 is 0.926 bits per heavy atom. The molecule has 0 bridgehead atoms. The number of hydrogen-bond acceptors (Lipinski definition) is 1. The van der Waals surface area contributed by atoms with Crippen molar-refractivity contribution in [3.8, 4) is 0 Å². The summed E-state index contributed by atoms with van der Waals surface area (Å²) in [4.78, 5) is 12.6. The van der Waals surface area contributed by atoms with Gasteiger partial charge in [0.1, 0.15) is 5.78 Å². The molecule has 0 N–H and O–H groups in total. The van der Waals surface area contributed by atoms with Crippen LogP contribution in [0, 0.1) is 34.5 Å². The molecule has 1 aliphatic heterocycles. The van der Waals surface area contributed by atoms with Gasteiger partial charge in [0.2, 0.25) is 0 Å². The minimum absolute atomic E-state index is 0. The lowest BCUT2D eigenvalue weighted by atomic mass is 9.45. The Morgan fingerprint density at radius 3 is 2.41 bits per heavy atom. The number of rotatable bonds is 1. The van der Waals surface area contributed by atoms with Crippen molar-refractivity contribution in [2.24, 2.45) is 34.5 Å². The van der Waals surface area contributed by atoms with Gasteiger partial charge in [-0.3, -0.25) is 4.79 Å². The molecule has 3 heteroatoms. The third-order valence-electron chi connectivity index (χ3n) is 10.8. The van der Waals surface area contributed by atoms with Gasteiger partial charge in [-0.25, -0.2) is 0 Å². The Hall–Kier alpha value is 0.360. The van der Waals surface area contributed by atoms with E-state index in [9.17, 15) is 4.79 Å². The molecule has 4 aliphatic carbocycles. The summed E-state index contributed by atoms with van der Waals surface area (Å²) in [5.41, 5.74) is 0.626. The second-order valence-electron chi connectivity index (χ2n) is 11.6. The van der Waals surface area contributed by atoms with E-state index in [4.69, 9.17) is 0 Å². The number of quaternary nitrogens is 1. The van der Waals surface area contributed by atoms with E-state index in [0.29, 0.717) is 17.1 Å². The second kappa shape index (κ2) is 6.96. The monoisotopic (exact) mass is 485 g/mol. The molecule has 7 unspecified atom stereocenters. The van der Waals surface area contributed by atoms with Crippen LogP contribution in [-0.4, -0.2) is 36.4 Å². The van der Waals surface area contributed by atoms with Crippen LogP contribution in [0.25, 0.3) is 0 Å². The van der Waals surface area contributed by atoms with Crippen molar-refractivity contribution in [1.29, 1.82) is 0 Å². The van der Waals surface area contributed by atoms with E-state index in [2.05, 4.69) is 20.9 Å². The molecule has 5 fully saturated rings. The zero-order valence-electron chi connectivity index (χ0n) is 17.8. The molecule has 0 radical (unpaired) electrons. The molecule has 0 amide bonds. The maximum absolute atomic E-state index is 12.6. The number of carbonyl (C=O) groups excluding carboxylic acids is 1. The molecule has 1 saturated heterocycles. The lowest BCUT2D eigenvalue weighted by Gasteiger charge is -2.61. The maximum atomic E-state index is 12.6. The zero-order valence-corrected chi connectivity index (χ0v) is 20.0. The molecule has 5 aliphatic rings. The van der Waals surface area contributed by atoms with Gasteiger partial charge < -0.3 is 28.5 Å². The Labute approximate surface area is 183 Å². The molecular weight excluding hydrogens is 445 g/mol. The molecule has 4 saturated carbocycles. The quantitative estimate of drug-likeness (QED) is 0.411. The first-order valence-electron chi connectivity index (χ1n) is 11.7. The number of hydrogen-bond donors (Lipinski definition) is 0. The Bertz CT molecular complexity index is 599. The highest BCUT2D eigenvalue weighted by atomic mass is 127. The van der Waals surface area contributed by atoms with E-state index >= 15 is 0 Å². The fourth-order valence-electron chi connectivity index (χ4n) is 9.00. The standard InChI is InChI=1S/C24H40NO.HI/c1-23-12-10-18(25(3)14-4-5-15-25)16-17(23)6-7-19-20-8-9-22(26)24(20,2)13-11-21(19)23;/h17-21H,4-16H2,1-3H3;1H/q+1;/p-1. The summed E-state index contributed by atoms with van der Waals surface area (Å²) in [7, 11) is 2.56. The highest BCUT2D eigenvalue weighted by molar-refractivity contribution is 5.87. The number of ketones is 1. The molecule has 0 aromatic rings. The van der Waals surface area contributed by atoms with Gasteiger partial charge in [-0.1, -0.05) is 13.8 Å².